The Morgan fingerprint density at radius 2 is 0.667 bits per heavy atom. The lowest BCUT2D eigenvalue weighted by molar-refractivity contribution is 0.165. The molecule has 0 aliphatic carbocycles. The van der Waals surface area contributed by atoms with Gasteiger partial charge >= 0.3 is 34.2 Å². The summed E-state index contributed by atoms with van der Waals surface area (Å²) in [4.78, 5) is 0. The van der Waals surface area contributed by atoms with Crippen LogP contribution < -0.4 is 0 Å². The quantitative estimate of drug-likeness (QED) is 0.187. The fraction of sp³-hybridized carbons (Fsp3) is 1.00. The van der Waals surface area contributed by atoms with Crippen molar-refractivity contribution in [2.75, 3.05) is 68.1 Å². The van der Waals surface area contributed by atoms with E-state index in [0.29, 0.717) is 51.7 Å². The Morgan fingerprint density at radius 3 is 0.909 bits per heavy atom. The van der Waals surface area contributed by atoms with Gasteiger partial charge in [0.05, 0.1) is 0 Å². The van der Waals surface area contributed by atoms with Crippen LogP contribution >= 0.6 is 0 Å². The molecule has 0 aromatic rings. The zero-order chi connectivity index (χ0) is 25.4. The van der Waals surface area contributed by atoms with Crippen LogP contribution in [0.25, 0.3) is 0 Å². The Hall–Kier alpha value is 0.508. The van der Waals surface area contributed by atoms with E-state index in [2.05, 4.69) is 26.2 Å². The predicted molar refractivity (Wildman–Crippen MR) is 140 cm³/mol. The van der Waals surface area contributed by atoms with Crippen molar-refractivity contribution < 1.29 is 40.1 Å². The summed E-state index contributed by atoms with van der Waals surface area (Å²) in [6, 6.07) is 2.81. The van der Waals surface area contributed by atoms with Gasteiger partial charge in [0.1, 0.15) is 0 Å². The molecule has 0 spiro atoms. The van der Waals surface area contributed by atoms with Crippen LogP contribution in [-0.4, -0.2) is 102 Å². The van der Waals surface area contributed by atoms with Crippen molar-refractivity contribution in [2.24, 2.45) is 0 Å². The summed E-state index contributed by atoms with van der Waals surface area (Å²) in [5, 5.41) is 0. The normalized spacial score (nSPS) is 19.5. The molecule has 33 heavy (non-hydrogen) atoms. The average molecular weight is 547 g/mol. The van der Waals surface area contributed by atoms with Crippen LogP contribution in [0, 0.1) is 0 Å². The van der Waals surface area contributed by atoms with Crippen molar-refractivity contribution in [3.05, 3.63) is 0 Å². The minimum atomic E-state index is -2.76. The van der Waals surface area contributed by atoms with Gasteiger partial charge in [0.15, 0.2) is 0 Å². The molecule has 9 nitrogen and oxygen atoms in total. The van der Waals surface area contributed by atoms with E-state index < -0.39 is 34.2 Å². The molecule has 0 saturated carbocycles. The van der Waals surface area contributed by atoms with Crippen LogP contribution in [0.15, 0.2) is 0 Å². The first-order valence-corrected chi connectivity index (χ1v) is 21.9. The summed E-state index contributed by atoms with van der Waals surface area (Å²) in [6.45, 7) is 15.8. The Labute approximate surface area is 206 Å². The summed E-state index contributed by atoms with van der Waals surface area (Å²) in [6.07, 6.45) is 0. The number of methoxy groups -OCH3 is 4. The average Bonchev–Trinajstić information content (AvgIpc) is 2.73. The molecule has 13 heteroatoms. The summed E-state index contributed by atoms with van der Waals surface area (Å²) < 4.78 is 54.5. The minimum Gasteiger partial charge on any atom is -0.415 e. The molecule has 200 valence electrons. The van der Waals surface area contributed by atoms with Gasteiger partial charge in [-0.05, 0) is 40.0 Å². The van der Waals surface area contributed by atoms with Gasteiger partial charge < -0.3 is 40.1 Å². The zero-order valence-electron chi connectivity index (χ0n) is 22.7. The topological polar surface area (TPSA) is 83.1 Å². The van der Waals surface area contributed by atoms with Gasteiger partial charge in [-0.2, -0.15) is 0 Å². The Bertz CT molecular complexity index is 468. The highest BCUT2D eigenvalue weighted by Gasteiger charge is 2.51. The van der Waals surface area contributed by atoms with E-state index in [1.807, 2.05) is 13.8 Å². The second-order valence-corrected chi connectivity index (χ2v) is 22.8. The van der Waals surface area contributed by atoms with Crippen molar-refractivity contribution in [3.8, 4) is 0 Å². The first kappa shape index (κ1) is 33.5. The van der Waals surface area contributed by atoms with Crippen molar-refractivity contribution in [1.29, 1.82) is 0 Å². The van der Waals surface area contributed by atoms with Gasteiger partial charge in [0, 0.05) is 92.3 Å². The fourth-order valence-corrected chi connectivity index (χ4v) is 22.5. The van der Waals surface area contributed by atoms with Crippen LogP contribution in [0.1, 0.15) is 13.8 Å². The van der Waals surface area contributed by atoms with Crippen molar-refractivity contribution in [3.63, 3.8) is 0 Å². The predicted octanol–water partition coefficient (Wildman–Crippen LogP) is 3.98. The number of rotatable bonds is 22. The fourth-order valence-electron chi connectivity index (χ4n) is 3.68. The molecule has 0 N–H and O–H groups in total. The van der Waals surface area contributed by atoms with Gasteiger partial charge in [-0.3, -0.25) is 0 Å². The van der Waals surface area contributed by atoms with E-state index >= 15 is 0 Å². The number of ether oxygens (including phenoxy) is 4. The third-order valence-corrected chi connectivity index (χ3v) is 21.8. The van der Waals surface area contributed by atoms with Gasteiger partial charge in [-0.1, -0.05) is 0 Å². The maximum Gasteiger partial charge on any atom is 0.328 e. The maximum atomic E-state index is 6.97. The lowest BCUT2D eigenvalue weighted by atomic mass is 10.9. The summed E-state index contributed by atoms with van der Waals surface area (Å²) in [7, 11) is -3.80. The molecular weight excluding hydrogens is 497 g/mol. The van der Waals surface area contributed by atoms with E-state index in [4.69, 9.17) is 40.1 Å². The van der Waals surface area contributed by atoms with Crippen LogP contribution in [0.3, 0.4) is 0 Å². The van der Waals surface area contributed by atoms with Crippen LogP contribution in [-0.2, 0) is 40.1 Å². The molecule has 0 aromatic carbocycles. The summed E-state index contributed by atoms with van der Waals surface area (Å²) >= 11 is 0. The van der Waals surface area contributed by atoms with Gasteiger partial charge in [-0.15, -0.1) is 0 Å². The van der Waals surface area contributed by atoms with Crippen molar-refractivity contribution >= 4 is 34.2 Å². The Kier molecular flexibility index (Phi) is 17.3. The molecule has 0 rings (SSSR count). The Balaban J connectivity index is 5.97. The smallest absolute Gasteiger partial charge is 0.328 e. The molecule has 0 aliphatic rings. The molecule has 0 radical (unpaired) electrons. The molecule has 0 heterocycles. The van der Waals surface area contributed by atoms with E-state index in [1.165, 1.54) is 0 Å². The second kappa shape index (κ2) is 17.0. The van der Waals surface area contributed by atoms with Crippen LogP contribution in [0.5, 0.6) is 0 Å². The van der Waals surface area contributed by atoms with Crippen molar-refractivity contribution in [2.45, 2.75) is 64.2 Å². The standard InChI is InChI=1S/C20H50O9Si4/c1-11-25-30(7,17-13-21-3)27-32(9,19-15-23-5)29-33(10,20-16-24-6)28-31(8,26-12-2)18-14-22-4/h11-20H2,1-10H3. The monoisotopic (exact) mass is 546 g/mol. The molecule has 0 saturated heterocycles. The lowest BCUT2D eigenvalue weighted by Gasteiger charge is -2.44. The van der Waals surface area contributed by atoms with E-state index in [-0.39, 0.29) is 0 Å². The highest BCUT2D eigenvalue weighted by molar-refractivity contribution is 6.88. The molecule has 0 aromatic heterocycles. The van der Waals surface area contributed by atoms with Crippen LogP contribution in [0.2, 0.25) is 50.4 Å². The summed E-state index contributed by atoms with van der Waals surface area (Å²) in [5.74, 6) is 0. The molecule has 0 bridgehead atoms. The van der Waals surface area contributed by atoms with Gasteiger partial charge in [0.25, 0.3) is 0 Å². The number of hydrogen-bond donors (Lipinski definition) is 0. The minimum absolute atomic E-state index is 0.544. The second-order valence-electron chi connectivity index (χ2n) is 8.68. The lowest BCUT2D eigenvalue weighted by Crippen LogP contribution is -2.61. The van der Waals surface area contributed by atoms with Gasteiger partial charge in [-0.25, -0.2) is 0 Å². The van der Waals surface area contributed by atoms with Crippen LogP contribution in [0.4, 0.5) is 0 Å². The highest BCUT2D eigenvalue weighted by Crippen LogP contribution is 2.31. The zero-order valence-corrected chi connectivity index (χ0v) is 26.7. The van der Waals surface area contributed by atoms with Gasteiger partial charge in [0.2, 0.25) is 0 Å². The van der Waals surface area contributed by atoms with Crippen molar-refractivity contribution in [1.82, 2.24) is 0 Å². The highest BCUT2D eigenvalue weighted by atomic mass is 28.5. The third-order valence-electron chi connectivity index (χ3n) is 5.24. The molecule has 4 unspecified atom stereocenters. The molecule has 4 atom stereocenters. The SMILES string of the molecule is CCO[Si](C)(CCOC)O[Si](C)(CCOC)O[Si](C)(CCOC)O[Si](C)(CCOC)OCC. The Morgan fingerprint density at radius 1 is 0.424 bits per heavy atom. The molecule has 0 fully saturated rings. The first-order chi connectivity index (χ1) is 15.5. The largest absolute Gasteiger partial charge is 0.415 e. The third kappa shape index (κ3) is 14.0. The van der Waals surface area contributed by atoms with E-state index in [0.717, 1.165) is 12.1 Å². The maximum absolute atomic E-state index is 6.97. The molecule has 0 amide bonds. The first-order valence-electron chi connectivity index (χ1n) is 11.8. The number of hydrogen-bond acceptors (Lipinski definition) is 9. The van der Waals surface area contributed by atoms with E-state index in [9.17, 15) is 0 Å². The van der Waals surface area contributed by atoms with E-state index in [1.54, 1.807) is 28.4 Å². The molecule has 0 aliphatic heterocycles. The molecular formula is C20H50O9Si4. The summed E-state index contributed by atoms with van der Waals surface area (Å²) in [5.41, 5.74) is 0.